The van der Waals surface area contributed by atoms with Crippen LogP contribution >= 0.6 is 34.5 Å². The van der Waals surface area contributed by atoms with Crippen LogP contribution < -0.4 is 5.56 Å². The Morgan fingerprint density at radius 1 is 1.26 bits per heavy atom. The quantitative estimate of drug-likeness (QED) is 0.662. The van der Waals surface area contributed by atoms with Crippen LogP contribution in [0, 0.1) is 0 Å². The van der Waals surface area contributed by atoms with Gasteiger partial charge in [0, 0.05) is 17.6 Å². The van der Waals surface area contributed by atoms with Gasteiger partial charge in [0.15, 0.2) is 4.96 Å². The lowest BCUT2D eigenvalue weighted by Gasteiger charge is -2.05. The highest BCUT2D eigenvalue weighted by molar-refractivity contribution is 7.15. The summed E-state index contributed by atoms with van der Waals surface area (Å²) in [4.78, 5) is 28.5. The smallest absolute Gasteiger partial charge is 0.310 e. The molecule has 23 heavy (non-hydrogen) atoms. The van der Waals surface area contributed by atoms with Crippen molar-refractivity contribution in [1.82, 2.24) is 9.38 Å². The predicted molar refractivity (Wildman–Crippen MR) is 89.3 cm³/mol. The van der Waals surface area contributed by atoms with E-state index in [9.17, 15) is 9.59 Å². The molecule has 0 spiro atoms. The molecule has 1 aromatic carbocycles. The summed E-state index contributed by atoms with van der Waals surface area (Å²) >= 11 is 13.1. The number of aromatic nitrogens is 2. The molecular weight excluding hydrogens is 359 g/mol. The molecule has 0 aliphatic carbocycles. The SMILES string of the molecule is O=C(Cc1ccc(Cl)c(Cl)c1)OCc1cc(=O)n2ccsc2n1. The average Bonchev–Trinajstić information content (AvgIpc) is 2.98. The highest BCUT2D eigenvalue weighted by Crippen LogP contribution is 2.22. The van der Waals surface area contributed by atoms with Gasteiger partial charge in [-0.05, 0) is 17.7 Å². The van der Waals surface area contributed by atoms with Gasteiger partial charge in [0.05, 0.1) is 22.2 Å². The van der Waals surface area contributed by atoms with Crippen LogP contribution in [-0.4, -0.2) is 15.4 Å². The molecule has 0 atom stereocenters. The Morgan fingerprint density at radius 3 is 2.87 bits per heavy atom. The standard InChI is InChI=1S/C15H10Cl2N2O3S/c16-11-2-1-9(5-12(11)17)6-14(21)22-8-10-7-13(20)19-3-4-23-15(19)18-10/h1-5,7H,6,8H2. The molecule has 0 unspecified atom stereocenters. The Morgan fingerprint density at radius 2 is 2.09 bits per heavy atom. The Labute approximate surface area is 145 Å². The normalized spacial score (nSPS) is 10.9. The highest BCUT2D eigenvalue weighted by Gasteiger charge is 2.09. The number of rotatable bonds is 4. The zero-order chi connectivity index (χ0) is 16.4. The lowest BCUT2D eigenvalue weighted by Crippen LogP contribution is -2.15. The van der Waals surface area contributed by atoms with Crippen LogP contribution in [0.5, 0.6) is 0 Å². The van der Waals surface area contributed by atoms with Gasteiger partial charge in [-0.15, -0.1) is 11.3 Å². The van der Waals surface area contributed by atoms with E-state index in [2.05, 4.69) is 4.98 Å². The van der Waals surface area contributed by atoms with Crippen molar-refractivity contribution in [2.24, 2.45) is 0 Å². The van der Waals surface area contributed by atoms with Crippen LogP contribution in [0.3, 0.4) is 0 Å². The molecule has 0 saturated carbocycles. The average molecular weight is 369 g/mol. The molecule has 0 bridgehead atoms. The molecule has 118 valence electrons. The molecule has 3 aromatic rings. The van der Waals surface area contributed by atoms with Crippen LogP contribution in [0.4, 0.5) is 0 Å². The number of benzene rings is 1. The largest absolute Gasteiger partial charge is 0.459 e. The maximum absolute atomic E-state index is 11.9. The predicted octanol–water partition coefficient (Wildman–Crippen LogP) is 3.35. The minimum atomic E-state index is -0.434. The first-order valence-corrected chi connectivity index (χ1v) is 8.22. The van der Waals surface area contributed by atoms with Gasteiger partial charge in [0.2, 0.25) is 0 Å². The van der Waals surface area contributed by atoms with E-state index in [4.69, 9.17) is 27.9 Å². The van der Waals surface area contributed by atoms with Gasteiger partial charge in [-0.1, -0.05) is 29.3 Å². The van der Waals surface area contributed by atoms with Gasteiger partial charge in [0.1, 0.15) is 6.61 Å². The van der Waals surface area contributed by atoms with Gasteiger partial charge >= 0.3 is 5.97 Å². The van der Waals surface area contributed by atoms with E-state index in [-0.39, 0.29) is 18.6 Å². The second kappa shape index (κ2) is 6.70. The van der Waals surface area contributed by atoms with E-state index < -0.39 is 5.97 Å². The number of thiazole rings is 1. The van der Waals surface area contributed by atoms with Crippen molar-refractivity contribution < 1.29 is 9.53 Å². The van der Waals surface area contributed by atoms with E-state index in [1.807, 2.05) is 0 Å². The lowest BCUT2D eigenvalue weighted by atomic mass is 10.1. The molecule has 0 amide bonds. The second-order valence-corrected chi connectivity index (χ2v) is 6.41. The molecular formula is C15H10Cl2N2O3S. The molecule has 0 fully saturated rings. The van der Waals surface area contributed by atoms with Gasteiger partial charge < -0.3 is 4.74 Å². The maximum Gasteiger partial charge on any atom is 0.310 e. The first-order chi connectivity index (χ1) is 11.0. The Hall–Kier alpha value is -1.89. The number of esters is 1. The van der Waals surface area contributed by atoms with E-state index in [0.29, 0.717) is 26.3 Å². The molecule has 0 saturated heterocycles. The Kier molecular flexibility index (Phi) is 4.66. The summed E-state index contributed by atoms with van der Waals surface area (Å²) in [5.74, 6) is -0.434. The zero-order valence-electron chi connectivity index (χ0n) is 11.7. The van der Waals surface area contributed by atoms with Gasteiger partial charge in [-0.2, -0.15) is 0 Å². The molecule has 0 radical (unpaired) electrons. The van der Waals surface area contributed by atoms with Crippen molar-refractivity contribution >= 4 is 45.5 Å². The van der Waals surface area contributed by atoms with Crippen molar-refractivity contribution in [3.63, 3.8) is 0 Å². The summed E-state index contributed by atoms with van der Waals surface area (Å²) in [6.45, 7) is -0.0518. The number of ether oxygens (including phenoxy) is 1. The molecule has 2 heterocycles. The molecule has 0 N–H and O–H groups in total. The van der Waals surface area contributed by atoms with E-state index in [0.717, 1.165) is 0 Å². The lowest BCUT2D eigenvalue weighted by molar-refractivity contribution is -0.144. The van der Waals surface area contributed by atoms with Crippen LogP contribution in [0.1, 0.15) is 11.3 Å². The molecule has 0 aliphatic rings. The van der Waals surface area contributed by atoms with Gasteiger partial charge in [-0.25, -0.2) is 4.98 Å². The van der Waals surface area contributed by atoms with Crippen LogP contribution in [0.25, 0.3) is 4.96 Å². The van der Waals surface area contributed by atoms with Crippen molar-refractivity contribution in [3.05, 3.63) is 67.5 Å². The number of hydrogen-bond acceptors (Lipinski definition) is 5. The summed E-state index contributed by atoms with van der Waals surface area (Å²) in [6.07, 6.45) is 1.71. The topological polar surface area (TPSA) is 60.7 Å². The van der Waals surface area contributed by atoms with Gasteiger partial charge in [0.25, 0.3) is 5.56 Å². The Balaban J connectivity index is 1.65. The van der Waals surface area contributed by atoms with Crippen molar-refractivity contribution in [3.8, 4) is 0 Å². The zero-order valence-corrected chi connectivity index (χ0v) is 14.0. The number of carbonyl (C=O) groups is 1. The fourth-order valence-corrected chi connectivity index (χ4v) is 3.04. The minimum Gasteiger partial charge on any atom is -0.459 e. The van der Waals surface area contributed by atoms with E-state index in [1.165, 1.54) is 21.8 Å². The number of halogens is 2. The summed E-state index contributed by atoms with van der Waals surface area (Å²) in [5.41, 5.74) is 0.915. The molecule has 0 aliphatic heterocycles. The fraction of sp³-hybridized carbons (Fsp3) is 0.133. The van der Waals surface area contributed by atoms with E-state index in [1.54, 1.807) is 29.8 Å². The molecule has 2 aromatic heterocycles. The van der Waals surface area contributed by atoms with Crippen LogP contribution in [0.2, 0.25) is 10.0 Å². The molecule has 3 rings (SSSR count). The third kappa shape index (κ3) is 3.72. The van der Waals surface area contributed by atoms with Gasteiger partial charge in [-0.3, -0.25) is 14.0 Å². The number of hydrogen-bond donors (Lipinski definition) is 0. The van der Waals surface area contributed by atoms with Crippen LogP contribution in [-0.2, 0) is 22.6 Å². The highest BCUT2D eigenvalue weighted by atomic mass is 35.5. The summed E-state index contributed by atoms with van der Waals surface area (Å²) < 4.78 is 6.60. The van der Waals surface area contributed by atoms with Crippen molar-refractivity contribution in [2.75, 3.05) is 0 Å². The second-order valence-electron chi connectivity index (χ2n) is 4.73. The number of nitrogens with zero attached hydrogens (tertiary/aromatic N) is 2. The third-order valence-corrected chi connectivity index (χ3v) is 4.57. The molecule has 5 nitrogen and oxygen atoms in total. The summed E-state index contributed by atoms with van der Waals surface area (Å²) in [7, 11) is 0. The third-order valence-electron chi connectivity index (χ3n) is 3.07. The monoisotopic (exact) mass is 368 g/mol. The molecule has 8 heteroatoms. The maximum atomic E-state index is 11.9. The summed E-state index contributed by atoms with van der Waals surface area (Å²) in [6, 6.07) is 6.30. The van der Waals surface area contributed by atoms with Crippen LogP contribution in [0.15, 0.2) is 40.6 Å². The fourth-order valence-electron chi connectivity index (χ4n) is 1.98. The summed E-state index contributed by atoms with van der Waals surface area (Å²) in [5, 5.41) is 2.58. The first-order valence-electron chi connectivity index (χ1n) is 6.58. The van der Waals surface area contributed by atoms with Crippen molar-refractivity contribution in [2.45, 2.75) is 13.0 Å². The number of fused-ring (bicyclic) bond motifs is 1. The van der Waals surface area contributed by atoms with E-state index >= 15 is 0 Å². The minimum absolute atomic E-state index is 0.0518. The first kappa shape index (κ1) is 16.0. The number of carbonyl (C=O) groups excluding carboxylic acids is 1. The van der Waals surface area contributed by atoms with Crippen molar-refractivity contribution in [1.29, 1.82) is 0 Å². The Bertz CT molecular complexity index is 936.